The lowest BCUT2D eigenvalue weighted by atomic mass is 10.3. The van der Waals surface area contributed by atoms with Crippen molar-refractivity contribution in [3.05, 3.63) is 18.3 Å². The second kappa shape index (κ2) is 6.41. The number of anilines is 2. The van der Waals surface area contributed by atoms with Crippen molar-refractivity contribution in [1.29, 1.82) is 0 Å². The number of pyridine rings is 1. The summed E-state index contributed by atoms with van der Waals surface area (Å²) >= 11 is 0. The van der Waals surface area contributed by atoms with E-state index in [0.717, 1.165) is 37.3 Å². The number of likely N-dealkylation sites (N-methyl/N-ethyl adjacent to an activating group) is 1. The van der Waals surface area contributed by atoms with Crippen LogP contribution in [0.4, 0.5) is 11.5 Å². The first-order valence-corrected chi connectivity index (χ1v) is 6.89. The highest BCUT2D eigenvalue weighted by Crippen LogP contribution is 2.19. The summed E-state index contributed by atoms with van der Waals surface area (Å²) in [6.45, 7) is 3.40. The van der Waals surface area contributed by atoms with Gasteiger partial charge in [-0.3, -0.25) is 4.79 Å². The van der Waals surface area contributed by atoms with Crippen LogP contribution in [0.2, 0.25) is 0 Å². The molecule has 104 valence electrons. The largest absolute Gasteiger partial charge is 0.370 e. The van der Waals surface area contributed by atoms with Crippen LogP contribution in [-0.4, -0.2) is 37.1 Å². The maximum absolute atomic E-state index is 11.8. The molecule has 0 aliphatic heterocycles. The molecular formula is C14H22N4O. The number of carbonyl (C=O) groups is 1. The van der Waals surface area contributed by atoms with Crippen LogP contribution in [-0.2, 0) is 4.79 Å². The number of rotatable bonds is 7. The zero-order valence-electron chi connectivity index (χ0n) is 11.6. The second-order valence-electron chi connectivity index (χ2n) is 5.02. The highest BCUT2D eigenvalue weighted by atomic mass is 16.2. The maximum atomic E-state index is 11.8. The highest BCUT2D eigenvalue weighted by Gasteiger charge is 2.23. The Morgan fingerprint density at radius 3 is 3.00 bits per heavy atom. The minimum absolute atomic E-state index is 0.0879. The Hall–Kier alpha value is -1.78. The molecule has 1 heterocycles. The Morgan fingerprint density at radius 2 is 2.32 bits per heavy atom. The molecule has 1 saturated carbocycles. The smallest absolute Gasteiger partial charge is 0.239 e. The zero-order valence-corrected chi connectivity index (χ0v) is 11.6. The topological polar surface area (TPSA) is 57.3 Å². The Morgan fingerprint density at radius 1 is 1.53 bits per heavy atom. The lowest BCUT2D eigenvalue weighted by Gasteiger charge is -2.19. The summed E-state index contributed by atoms with van der Waals surface area (Å²) in [5.41, 5.74) is 1.000. The van der Waals surface area contributed by atoms with Gasteiger partial charge in [-0.05, 0) is 25.3 Å². The molecule has 1 amide bonds. The first-order chi connectivity index (χ1) is 9.19. The predicted octanol–water partition coefficient (Wildman–Crippen LogP) is 1.62. The standard InChI is InChI=1S/C14H22N4O/c1-3-7-15-13-9-12(6-8-16-13)18(2)10-14(19)17-11-4-5-11/h6,8-9,11H,3-5,7,10H2,1-2H3,(H,15,16)(H,17,19). The molecule has 5 heteroatoms. The van der Waals surface area contributed by atoms with Crippen LogP contribution in [0.3, 0.4) is 0 Å². The lowest BCUT2D eigenvalue weighted by Crippen LogP contribution is -2.36. The Labute approximate surface area is 114 Å². The number of hydrogen-bond donors (Lipinski definition) is 2. The first kappa shape index (κ1) is 13.6. The van der Waals surface area contributed by atoms with Crippen molar-refractivity contribution in [3.8, 4) is 0 Å². The summed E-state index contributed by atoms with van der Waals surface area (Å²) in [4.78, 5) is 17.9. The van der Waals surface area contributed by atoms with Crippen LogP contribution in [0.1, 0.15) is 26.2 Å². The molecule has 1 aromatic rings. The van der Waals surface area contributed by atoms with Crippen LogP contribution in [0.5, 0.6) is 0 Å². The van der Waals surface area contributed by atoms with Gasteiger partial charge in [-0.25, -0.2) is 4.98 Å². The molecule has 0 atom stereocenters. The zero-order chi connectivity index (χ0) is 13.7. The number of aromatic nitrogens is 1. The predicted molar refractivity (Wildman–Crippen MR) is 77.5 cm³/mol. The van der Waals surface area contributed by atoms with Gasteiger partial charge in [0.05, 0.1) is 6.54 Å². The van der Waals surface area contributed by atoms with Crippen molar-refractivity contribution in [3.63, 3.8) is 0 Å². The van der Waals surface area contributed by atoms with Crippen LogP contribution in [0.15, 0.2) is 18.3 Å². The summed E-state index contributed by atoms with van der Waals surface area (Å²) in [6, 6.07) is 4.31. The van der Waals surface area contributed by atoms with E-state index < -0.39 is 0 Å². The van der Waals surface area contributed by atoms with Gasteiger partial charge in [0.1, 0.15) is 5.82 Å². The number of nitrogens with zero attached hydrogens (tertiary/aromatic N) is 2. The van der Waals surface area contributed by atoms with Crippen LogP contribution in [0, 0.1) is 0 Å². The molecule has 1 aliphatic rings. The van der Waals surface area contributed by atoms with E-state index in [-0.39, 0.29) is 5.91 Å². The van der Waals surface area contributed by atoms with Crippen molar-refractivity contribution < 1.29 is 4.79 Å². The molecule has 0 spiro atoms. The van der Waals surface area contributed by atoms with E-state index in [4.69, 9.17) is 0 Å². The monoisotopic (exact) mass is 262 g/mol. The summed E-state index contributed by atoms with van der Waals surface area (Å²) in [5.74, 6) is 0.943. The molecule has 0 radical (unpaired) electrons. The fraction of sp³-hybridized carbons (Fsp3) is 0.571. The van der Waals surface area contributed by atoms with Crippen LogP contribution >= 0.6 is 0 Å². The molecular weight excluding hydrogens is 240 g/mol. The Bertz CT molecular complexity index is 431. The van der Waals surface area contributed by atoms with E-state index in [2.05, 4.69) is 22.5 Å². The molecule has 2 N–H and O–H groups in total. The van der Waals surface area contributed by atoms with Crippen molar-refractivity contribution in [1.82, 2.24) is 10.3 Å². The van der Waals surface area contributed by atoms with E-state index in [0.29, 0.717) is 12.6 Å². The first-order valence-electron chi connectivity index (χ1n) is 6.89. The summed E-state index contributed by atoms with van der Waals surface area (Å²) in [5, 5.41) is 6.24. The molecule has 0 bridgehead atoms. The van der Waals surface area contributed by atoms with E-state index in [1.54, 1.807) is 6.20 Å². The van der Waals surface area contributed by atoms with Gasteiger partial charge in [-0.2, -0.15) is 0 Å². The molecule has 0 unspecified atom stereocenters. The average molecular weight is 262 g/mol. The van der Waals surface area contributed by atoms with Gasteiger partial charge in [0, 0.05) is 37.6 Å². The summed E-state index contributed by atoms with van der Waals surface area (Å²) < 4.78 is 0. The van der Waals surface area contributed by atoms with Crippen molar-refractivity contribution in [2.24, 2.45) is 0 Å². The average Bonchev–Trinajstić information content (AvgIpc) is 3.20. The number of amides is 1. The lowest BCUT2D eigenvalue weighted by molar-refractivity contribution is -0.119. The van der Waals surface area contributed by atoms with Gasteiger partial charge >= 0.3 is 0 Å². The minimum Gasteiger partial charge on any atom is -0.370 e. The van der Waals surface area contributed by atoms with E-state index in [1.807, 2.05) is 24.1 Å². The fourth-order valence-corrected chi connectivity index (χ4v) is 1.81. The molecule has 1 aliphatic carbocycles. The van der Waals surface area contributed by atoms with Crippen molar-refractivity contribution in [2.75, 3.05) is 30.4 Å². The molecule has 5 nitrogen and oxygen atoms in total. The van der Waals surface area contributed by atoms with Gasteiger partial charge in [-0.15, -0.1) is 0 Å². The van der Waals surface area contributed by atoms with Crippen LogP contribution < -0.4 is 15.5 Å². The third kappa shape index (κ3) is 4.43. The summed E-state index contributed by atoms with van der Waals surface area (Å²) in [6.07, 6.45) is 5.07. The van der Waals surface area contributed by atoms with Crippen molar-refractivity contribution >= 4 is 17.4 Å². The number of hydrogen-bond acceptors (Lipinski definition) is 4. The SMILES string of the molecule is CCCNc1cc(N(C)CC(=O)NC2CC2)ccn1. The number of carbonyl (C=O) groups excluding carboxylic acids is 1. The normalized spacial score (nSPS) is 14.0. The summed E-state index contributed by atoms with van der Waals surface area (Å²) in [7, 11) is 1.92. The maximum Gasteiger partial charge on any atom is 0.239 e. The molecule has 0 saturated heterocycles. The third-order valence-corrected chi connectivity index (χ3v) is 3.06. The van der Waals surface area contributed by atoms with Crippen LogP contribution in [0.25, 0.3) is 0 Å². The molecule has 19 heavy (non-hydrogen) atoms. The number of nitrogens with one attached hydrogen (secondary N) is 2. The fourth-order valence-electron chi connectivity index (χ4n) is 1.81. The van der Waals surface area contributed by atoms with Gasteiger partial charge in [0.2, 0.25) is 5.91 Å². The second-order valence-corrected chi connectivity index (χ2v) is 5.02. The highest BCUT2D eigenvalue weighted by molar-refractivity contribution is 5.81. The Balaban J connectivity index is 1.89. The van der Waals surface area contributed by atoms with Gasteiger partial charge in [0.25, 0.3) is 0 Å². The third-order valence-electron chi connectivity index (χ3n) is 3.06. The van der Waals surface area contributed by atoms with Crippen molar-refractivity contribution in [2.45, 2.75) is 32.2 Å². The molecule has 1 aromatic heterocycles. The van der Waals surface area contributed by atoms with Gasteiger partial charge < -0.3 is 15.5 Å². The van der Waals surface area contributed by atoms with E-state index in [9.17, 15) is 4.79 Å². The quantitative estimate of drug-likeness (QED) is 0.784. The minimum atomic E-state index is 0.0879. The molecule has 0 aromatic carbocycles. The molecule has 2 rings (SSSR count). The molecule has 1 fully saturated rings. The van der Waals surface area contributed by atoms with E-state index >= 15 is 0 Å². The van der Waals surface area contributed by atoms with Gasteiger partial charge in [0.15, 0.2) is 0 Å². The van der Waals surface area contributed by atoms with Gasteiger partial charge in [-0.1, -0.05) is 6.92 Å². The Kier molecular flexibility index (Phi) is 4.60. The van der Waals surface area contributed by atoms with E-state index in [1.165, 1.54) is 0 Å².